The number of carbonyl (C=O) groups is 2. The summed E-state index contributed by atoms with van der Waals surface area (Å²) in [5.41, 5.74) is 3.25. The van der Waals surface area contributed by atoms with E-state index in [0.717, 1.165) is 36.6 Å². The fraction of sp³-hybridized carbons (Fsp3) is 0.481. The van der Waals surface area contributed by atoms with Crippen molar-refractivity contribution >= 4 is 23.8 Å². The minimum absolute atomic E-state index is 0.00731. The van der Waals surface area contributed by atoms with Crippen molar-refractivity contribution in [1.82, 2.24) is 20.2 Å². The first kappa shape index (κ1) is 24.2. The number of hydrogen-bond donors (Lipinski definition) is 2. The number of rotatable bonds is 10. The van der Waals surface area contributed by atoms with Crippen molar-refractivity contribution in [2.24, 2.45) is 5.92 Å². The molecule has 0 radical (unpaired) electrons. The number of amides is 2. The van der Waals surface area contributed by atoms with E-state index in [1.807, 2.05) is 6.92 Å². The van der Waals surface area contributed by atoms with Crippen molar-refractivity contribution in [3.63, 3.8) is 0 Å². The lowest BCUT2D eigenvalue weighted by atomic mass is 9.93. The van der Waals surface area contributed by atoms with Gasteiger partial charge in [0, 0.05) is 31.9 Å². The molecule has 2 amide bonds. The predicted octanol–water partition coefficient (Wildman–Crippen LogP) is 3.95. The van der Waals surface area contributed by atoms with Crippen molar-refractivity contribution in [3.8, 4) is 0 Å². The predicted molar refractivity (Wildman–Crippen MR) is 137 cm³/mol. The van der Waals surface area contributed by atoms with Gasteiger partial charge in [-0.2, -0.15) is 4.98 Å². The van der Waals surface area contributed by atoms with Gasteiger partial charge in [-0.3, -0.25) is 14.6 Å². The third-order valence-electron chi connectivity index (χ3n) is 7.29. The third-order valence-corrected chi connectivity index (χ3v) is 7.29. The van der Waals surface area contributed by atoms with Gasteiger partial charge in [0.25, 0.3) is 0 Å². The van der Waals surface area contributed by atoms with E-state index in [2.05, 4.69) is 63.3 Å². The van der Waals surface area contributed by atoms with Crippen LogP contribution in [0.2, 0.25) is 0 Å². The standard InChI is InChI=1S/C27H34N6O3/c1-4-24(34)30-22-14-32(15-22)23(12-18-6-7-18)20-10-8-19(9-11-20)17(3)29-26-28-13-21-16-36-27(35)33(5-2)25(21)31-26/h4,8-11,13,17-18,22-23H,1,5-7,12,14-16H2,2-3H3,(H,30,34)(H,28,29,31)/t17-,23?/m0/s1. The number of fused-ring (bicyclic) bond motifs is 1. The van der Waals surface area contributed by atoms with Gasteiger partial charge in [0.2, 0.25) is 11.9 Å². The summed E-state index contributed by atoms with van der Waals surface area (Å²) in [6, 6.07) is 9.33. The van der Waals surface area contributed by atoms with Gasteiger partial charge in [-0.15, -0.1) is 0 Å². The zero-order valence-electron chi connectivity index (χ0n) is 20.9. The van der Waals surface area contributed by atoms with Crippen molar-refractivity contribution in [3.05, 3.63) is 59.8 Å². The van der Waals surface area contributed by atoms with Gasteiger partial charge in [0.15, 0.2) is 0 Å². The van der Waals surface area contributed by atoms with E-state index in [1.54, 1.807) is 6.20 Å². The summed E-state index contributed by atoms with van der Waals surface area (Å²) in [6.45, 7) is 9.93. The first-order valence-electron chi connectivity index (χ1n) is 12.8. The molecule has 1 aromatic heterocycles. The molecule has 1 saturated carbocycles. The lowest BCUT2D eigenvalue weighted by Crippen LogP contribution is -2.59. The smallest absolute Gasteiger partial charge is 0.415 e. The Bertz CT molecular complexity index is 1130. The Balaban J connectivity index is 1.24. The molecule has 1 aliphatic carbocycles. The van der Waals surface area contributed by atoms with E-state index in [9.17, 15) is 9.59 Å². The van der Waals surface area contributed by atoms with Crippen LogP contribution in [0.4, 0.5) is 16.6 Å². The van der Waals surface area contributed by atoms with Crippen LogP contribution in [-0.2, 0) is 16.1 Å². The van der Waals surface area contributed by atoms with Crippen LogP contribution in [0.5, 0.6) is 0 Å². The lowest BCUT2D eigenvalue weighted by molar-refractivity contribution is -0.118. The minimum Gasteiger partial charge on any atom is -0.444 e. The monoisotopic (exact) mass is 490 g/mol. The maximum Gasteiger partial charge on any atom is 0.415 e. The lowest BCUT2D eigenvalue weighted by Gasteiger charge is -2.45. The Labute approximate surface area is 211 Å². The Morgan fingerprint density at radius 1 is 1.25 bits per heavy atom. The topological polar surface area (TPSA) is 99.7 Å². The van der Waals surface area contributed by atoms with E-state index in [0.29, 0.717) is 24.4 Å². The van der Waals surface area contributed by atoms with Crippen molar-refractivity contribution in [1.29, 1.82) is 0 Å². The number of anilines is 2. The molecular formula is C27H34N6O3. The summed E-state index contributed by atoms with van der Waals surface area (Å²) in [4.78, 5) is 36.7. The van der Waals surface area contributed by atoms with Gasteiger partial charge in [-0.1, -0.05) is 43.7 Å². The molecule has 190 valence electrons. The van der Waals surface area contributed by atoms with E-state index in [-0.39, 0.29) is 30.7 Å². The van der Waals surface area contributed by atoms with Gasteiger partial charge in [-0.25, -0.2) is 9.78 Å². The zero-order valence-corrected chi connectivity index (χ0v) is 20.9. The third kappa shape index (κ3) is 5.21. The summed E-state index contributed by atoms with van der Waals surface area (Å²) in [5.74, 6) is 1.79. The summed E-state index contributed by atoms with van der Waals surface area (Å²) in [7, 11) is 0. The van der Waals surface area contributed by atoms with Gasteiger partial charge in [0.05, 0.1) is 17.6 Å². The molecule has 0 spiro atoms. The zero-order chi connectivity index (χ0) is 25.2. The average Bonchev–Trinajstić information content (AvgIpc) is 3.69. The van der Waals surface area contributed by atoms with Gasteiger partial charge >= 0.3 is 6.09 Å². The first-order valence-corrected chi connectivity index (χ1v) is 12.8. The number of likely N-dealkylation sites (tertiary alicyclic amines) is 1. The molecule has 9 heteroatoms. The number of nitrogens with zero attached hydrogens (tertiary/aromatic N) is 4. The van der Waals surface area contributed by atoms with E-state index >= 15 is 0 Å². The second-order valence-corrected chi connectivity index (χ2v) is 9.93. The number of hydrogen-bond acceptors (Lipinski definition) is 7. The molecule has 1 aromatic carbocycles. The number of ether oxygens (including phenoxy) is 1. The molecular weight excluding hydrogens is 456 g/mol. The van der Waals surface area contributed by atoms with E-state index in [1.165, 1.54) is 29.4 Å². The largest absolute Gasteiger partial charge is 0.444 e. The molecule has 3 heterocycles. The Morgan fingerprint density at radius 2 is 1.97 bits per heavy atom. The normalized spacial score (nSPS) is 19.5. The van der Waals surface area contributed by atoms with Crippen LogP contribution in [0.15, 0.2) is 43.1 Å². The number of benzene rings is 1. The van der Waals surface area contributed by atoms with Crippen LogP contribution < -0.4 is 15.5 Å². The number of nitrogens with one attached hydrogen (secondary N) is 2. The van der Waals surface area contributed by atoms with Crippen molar-refractivity contribution in [2.45, 2.75) is 57.8 Å². The number of aromatic nitrogens is 2. The summed E-state index contributed by atoms with van der Waals surface area (Å²) in [6.07, 6.45) is 6.46. The SMILES string of the molecule is C=CC(=O)NC1CN(C(CC2CC2)c2ccc([C@H](C)Nc3ncc4c(n3)N(CC)C(=O)OC4)cc2)C1. The van der Waals surface area contributed by atoms with Crippen LogP contribution in [0.25, 0.3) is 0 Å². The molecule has 5 rings (SSSR count). The molecule has 9 nitrogen and oxygen atoms in total. The molecule has 36 heavy (non-hydrogen) atoms. The summed E-state index contributed by atoms with van der Waals surface area (Å²) < 4.78 is 5.17. The molecule has 2 fully saturated rings. The Kier molecular flexibility index (Phi) is 6.91. The highest BCUT2D eigenvalue weighted by Gasteiger charge is 2.37. The molecule has 2 aromatic rings. The molecule has 1 saturated heterocycles. The van der Waals surface area contributed by atoms with Crippen LogP contribution in [0.1, 0.15) is 61.9 Å². The van der Waals surface area contributed by atoms with Gasteiger partial charge in [-0.05, 0) is 43.4 Å². The van der Waals surface area contributed by atoms with E-state index in [4.69, 9.17) is 4.74 Å². The van der Waals surface area contributed by atoms with Crippen LogP contribution >= 0.6 is 0 Å². The maximum absolute atomic E-state index is 12.1. The number of carbonyl (C=O) groups excluding carboxylic acids is 2. The minimum atomic E-state index is -0.379. The molecule has 2 aliphatic heterocycles. The highest BCUT2D eigenvalue weighted by molar-refractivity contribution is 5.89. The van der Waals surface area contributed by atoms with Crippen LogP contribution in [-0.4, -0.2) is 52.5 Å². The molecule has 2 N–H and O–H groups in total. The van der Waals surface area contributed by atoms with Crippen LogP contribution in [0, 0.1) is 5.92 Å². The van der Waals surface area contributed by atoms with Crippen LogP contribution in [0.3, 0.4) is 0 Å². The molecule has 2 atom stereocenters. The summed E-state index contributed by atoms with van der Waals surface area (Å²) in [5, 5.41) is 6.37. The molecule has 3 aliphatic rings. The first-order chi connectivity index (χ1) is 17.4. The highest BCUT2D eigenvalue weighted by Crippen LogP contribution is 2.41. The Morgan fingerprint density at radius 3 is 2.64 bits per heavy atom. The highest BCUT2D eigenvalue weighted by atomic mass is 16.6. The quantitative estimate of drug-likeness (QED) is 0.487. The fourth-order valence-electron chi connectivity index (χ4n) is 4.95. The second-order valence-electron chi connectivity index (χ2n) is 9.93. The number of cyclic esters (lactones) is 1. The van der Waals surface area contributed by atoms with Crippen molar-refractivity contribution < 1.29 is 14.3 Å². The summed E-state index contributed by atoms with van der Waals surface area (Å²) >= 11 is 0. The van der Waals surface area contributed by atoms with Crippen molar-refractivity contribution in [2.75, 3.05) is 29.9 Å². The second kappa shape index (κ2) is 10.3. The molecule has 1 unspecified atom stereocenters. The maximum atomic E-state index is 12.1. The fourth-order valence-corrected chi connectivity index (χ4v) is 4.95. The molecule has 0 bridgehead atoms. The van der Waals surface area contributed by atoms with Gasteiger partial charge < -0.3 is 15.4 Å². The average molecular weight is 491 g/mol. The van der Waals surface area contributed by atoms with Gasteiger partial charge in [0.1, 0.15) is 12.4 Å². The van der Waals surface area contributed by atoms with E-state index < -0.39 is 0 Å². The Hall–Kier alpha value is -3.46.